The predicted molar refractivity (Wildman–Crippen MR) is 55.7 cm³/mol. The Kier molecular flexibility index (Phi) is 3.51. The molecule has 1 rings (SSSR count). The van der Waals surface area contributed by atoms with Crippen molar-refractivity contribution in [3.05, 3.63) is 23.8 Å². The highest BCUT2D eigenvalue weighted by atomic mass is 16.5. The standard InChI is InChI=1S/C10H14N2O3/c1-14-7-5-3-4-6(9(7)15-2)8(11)10(12)13/h3-5,8H,11H2,1-2H3,(H2,12,13). The quantitative estimate of drug-likeness (QED) is 0.742. The van der Waals surface area contributed by atoms with E-state index in [0.717, 1.165) is 0 Å². The van der Waals surface area contributed by atoms with Crippen LogP contribution in [0.3, 0.4) is 0 Å². The van der Waals surface area contributed by atoms with Gasteiger partial charge in [0.1, 0.15) is 6.04 Å². The number of rotatable bonds is 4. The van der Waals surface area contributed by atoms with Gasteiger partial charge in [0, 0.05) is 5.56 Å². The molecule has 0 bridgehead atoms. The van der Waals surface area contributed by atoms with Crippen molar-refractivity contribution in [3.8, 4) is 11.5 Å². The first-order valence-corrected chi connectivity index (χ1v) is 4.37. The summed E-state index contributed by atoms with van der Waals surface area (Å²) in [5.41, 5.74) is 11.3. The van der Waals surface area contributed by atoms with Crippen LogP contribution < -0.4 is 20.9 Å². The highest BCUT2D eigenvalue weighted by molar-refractivity contribution is 5.82. The van der Waals surface area contributed by atoms with Gasteiger partial charge in [-0.3, -0.25) is 4.79 Å². The van der Waals surface area contributed by atoms with E-state index in [4.69, 9.17) is 20.9 Å². The monoisotopic (exact) mass is 210 g/mol. The minimum Gasteiger partial charge on any atom is -0.493 e. The molecule has 0 aromatic heterocycles. The zero-order chi connectivity index (χ0) is 11.4. The molecule has 1 aromatic rings. The van der Waals surface area contributed by atoms with Crippen molar-refractivity contribution in [2.45, 2.75) is 6.04 Å². The van der Waals surface area contributed by atoms with Crippen LogP contribution in [0, 0.1) is 0 Å². The fourth-order valence-electron chi connectivity index (χ4n) is 1.31. The second-order valence-corrected chi connectivity index (χ2v) is 2.96. The van der Waals surface area contributed by atoms with Gasteiger partial charge >= 0.3 is 0 Å². The number of hydrogen-bond acceptors (Lipinski definition) is 4. The zero-order valence-corrected chi connectivity index (χ0v) is 8.69. The minimum absolute atomic E-state index is 0.436. The van der Waals surface area contributed by atoms with Crippen LogP contribution in [0.2, 0.25) is 0 Å². The number of hydrogen-bond donors (Lipinski definition) is 2. The summed E-state index contributed by atoms with van der Waals surface area (Å²) in [6, 6.07) is 4.22. The fraction of sp³-hybridized carbons (Fsp3) is 0.300. The first kappa shape index (κ1) is 11.3. The molecule has 0 heterocycles. The summed E-state index contributed by atoms with van der Waals surface area (Å²) in [4.78, 5) is 11.0. The summed E-state index contributed by atoms with van der Waals surface area (Å²) in [6.45, 7) is 0. The Labute approximate surface area is 88.0 Å². The van der Waals surface area contributed by atoms with Crippen LogP contribution in [-0.2, 0) is 4.79 Å². The maximum atomic E-state index is 11.0. The predicted octanol–water partition coefficient (Wildman–Crippen LogP) is 0.189. The van der Waals surface area contributed by atoms with Gasteiger partial charge in [0.05, 0.1) is 14.2 Å². The van der Waals surface area contributed by atoms with Gasteiger partial charge in [-0.15, -0.1) is 0 Å². The maximum Gasteiger partial charge on any atom is 0.239 e. The summed E-state index contributed by atoms with van der Waals surface area (Å²) in [5, 5.41) is 0. The number of benzene rings is 1. The molecule has 0 spiro atoms. The average molecular weight is 210 g/mol. The second-order valence-electron chi connectivity index (χ2n) is 2.96. The van der Waals surface area contributed by atoms with E-state index in [0.29, 0.717) is 17.1 Å². The third kappa shape index (κ3) is 2.19. The average Bonchev–Trinajstić information content (AvgIpc) is 2.26. The van der Waals surface area contributed by atoms with E-state index in [1.807, 2.05) is 0 Å². The van der Waals surface area contributed by atoms with E-state index in [9.17, 15) is 4.79 Å². The molecule has 1 aromatic carbocycles. The summed E-state index contributed by atoms with van der Waals surface area (Å²) in [6.07, 6.45) is 0. The van der Waals surface area contributed by atoms with Crippen LogP contribution >= 0.6 is 0 Å². The van der Waals surface area contributed by atoms with Crippen LogP contribution in [0.1, 0.15) is 11.6 Å². The Hall–Kier alpha value is -1.75. The molecular weight excluding hydrogens is 196 g/mol. The normalized spacial score (nSPS) is 11.9. The molecule has 15 heavy (non-hydrogen) atoms. The molecule has 1 amide bonds. The van der Waals surface area contributed by atoms with Gasteiger partial charge in [-0.1, -0.05) is 12.1 Å². The van der Waals surface area contributed by atoms with E-state index in [1.165, 1.54) is 14.2 Å². The number of carbonyl (C=O) groups is 1. The van der Waals surface area contributed by atoms with Crippen LogP contribution in [-0.4, -0.2) is 20.1 Å². The van der Waals surface area contributed by atoms with Crippen LogP contribution in [0.4, 0.5) is 0 Å². The van der Waals surface area contributed by atoms with Crippen molar-refractivity contribution < 1.29 is 14.3 Å². The molecule has 1 unspecified atom stereocenters. The summed E-state index contributed by atoms with van der Waals surface area (Å²) in [7, 11) is 2.99. The van der Waals surface area contributed by atoms with E-state index in [1.54, 1.807) is 18.2 Å². The lowest BCUT2D eigenvalue weighted by atomic mass is 10.1. The molecule has 0 saturated heterocycles. The third-order valence-corrected chi connectivity index (χ3v) is 2.07. The van der Waals surface area contributed by atoms with E-state index >= 15 is 0 Å². The molecule has 82 valence electrons. The number of nitrogens with two attached hydrogens (primary N) is 2. The molecule has 0 fully saturated rings. The Bertz CT molecular complexity index is 366. The summed E-state index contributed by atoms with van der Waals surface area (Å²) in [5.74, 6) is 0.347. The second kappa shape index (κ2) is 4.65. The highest BCUT2D eigenvalue weighted by Crippen LogP contribution is 2.33. The number of amides is 1. The summed E-state index contributed by atoms with van der Waals surface area (Å²) >= 11 is 0. The first-order chi connectivity index (χ1) is 7.11. The van der Waals surface area contributed by atoms with Crippen molar-refractivity contribution in [1.82, 2.24) is 0 Å². The number of ether oxygens (including phenoxy) is 2. The molecule has 0 aliphatic carbocycles. The van der Waals surface area contributed by atoms with Gasteiger partial charge < -0.3 is 20.9 Å². The SMILES string of the molecule is COc1cccc(C(N)C(N)=O)c1OC. The maximum absolute atomic E-state index is 11.0. The van der Waals surface area contributed by atoms with E-state index < -0.39 is 11.9 Å². The van der Waals surface area contributed by atoms with Crippen molar-refractivity contribution in [1.29, 1.82) is 0 Å². The number of primary amides is 1. The van der Waals surface area contributed by atoms with Crippen LogP contribution in [0.5, 0.6) is 11.5 Å². The molecule has 0 saturated carbocycles. The van der Waals surface area contributed by atoms with E-state index in [-0.39, 0.29) is 0 Å². The fourth-order valence-corrected chi connectivity index (χ4v) is 1.31. The Morgan fingerprint density at radius 2 is 2.00 bits per heavy atom. The van der Waals surface area contributed by atoms with Crippen molar-refractivity contribution in [2.24, 2.45) is 11.5 Å². The molecule has 0 aliphatic heterocycles. The zero-order valence-electron chi connectivity index (χ0n) is 8.69. The molecular formula is C10H14N2O3. The Morgan fingerprint density at radius 1 is 1.33 bits per heavy atom. The number of methoxy groups -OCH3 is 2. The summed E-state index contributed by atoms with van der Waals surface area (Å²) < 4.78 is 10.2. The first-order valence-electron chi connectivity index (χ1n) is 4.37. The Balaban J connectivity index is 3.22. The molecule has 0 aliphatic rings. The molecule has 0 radical (unpaired) electrons. The van der Waals surface area contributed by atoms with Gasteiger partial charge in [-0.05, 0) is 6.07 Å². The minimum atomic E-state index is -0.893. The van der Waals surface area contributed by atoms with Crippen molar-refractivity contribution in [2.75, 3.05) is 14.2 Å². The molecule has 1 atom stereocenters. The largest absolute Gasteiger partial charge is 0.493 e. The lowest BCUT2D eigenvalue weighted by Crippen LogP contribution is -2.28. The molecule has 5 heteroatoms. The molecule has 5 nitrogen and oxygen atoms in total. The van der Waals surface area contributed by atoms with Gasteiger partial charge in [0.15, 0.2) is 11.5 Å². The van der Waals surface area contributed by atoms with Crippen molar-refractivity contribution >= 4 is 5.91 Å². The van der Waals surface area contributed by atoms with Crippen molar-refractivity contribution in [3.63, 3.8) is 0 Å². The van der Waals surface area contributed by atoms with Crippen LogP contribution in [0.25, 0.3) is 0 Å². The van der Waals surface area contributed by atoms with E-state index in [2.05, 4.69) is 0 Å². The molecule has 4 N–H and O–H groups in total. The van der Waals surface area contributed by atoms with Crippen LogP contribution in [0.15, 0.2) is 18.2 Å². The smallest absolute Gasteiger partial charge is 0.239 e. The number of para-hydroxylation sites is 1. The lowest BCUT2D eigenvalue weighted by molar-refractivity contribution is -0.119. The third-order valence-electron chi connectivity index (χ3n) is 2.07. The highest BCUT2D eigenvalue weighted by Gasteiger charge is 2.19. The van der Waals surface area contributed by atoms with Gasteiger partial charge in [-0.25, -0.2) is 0 Å². The van der Waals surface area contributed by atoms with Gasteiger partial charge in [0.2, 0.25) is 5.91 Å². The van der Waals surface area contributed by atoms with Gasteiger partial charge in [-0.2, -0.15) is 0 Å². The Morgan fingerprint density at radius 3 is 2.47 bits per heavy atom. The lowest BCUT2D eigenvalue weighted by Gasteiger charge is -2.15. The topological polar surface area (TPSA) is 87.6 Å². The van der Waals surface area contributed by atoms with Gasteiger partial charge in [0.25, 0.3) is 0 Å². The number of carbonyl (C=O) groups excluding carboxylic acids is 1.